The molecule has 0 fully saturated rings. The Morgan fingerprint density at radius 3 is 1.50 bits per heavy atom. The van der Waals surface area contributed by atoms with E-state index in [9.17, 15) is 32.3 Å². The number of hydrogen-bond donors (Lipinski definition) is 4. The molecule has 0 heterocycles. The van der Waals surface area contributed by atoms with Gasteiger partial charge in [-0.25, -0.2) is 19.2 Å². The normalized spacial score (nSPS) is 11.3. The Hall–Kier alpha value is -3.63. The summed E-state index contributed by atoms with van der Waals surface area (Å²) in [5.41, 5.74) is -6.54. The number of benzene rings is 2. The van der Waals surface area contributed by atoms with Crippen molar-refractivity contribution in [2.24, 2.45) is 0 Å². The van der Waals surface area contributed by atoms with Gasteiger partial charge in [0.25, 0.3) is 0 Å². The first-order valence-corrected chi connectivity index (χ1v) is 6.51. The number of aromatic carboxylic acids is 4. The summed E-state index contributed by atoms with van der Waals surface area (Å²) in [7, 11) is 0. The molecule has 4 N–H and O–H groups in total. The van der Waals surface area contributed by atoms with Crippen molar-refractivity contribution < 1.29 is 52.8 Å². The number of carboxylic acids is 4. The summed E-state index contributed by atoms with van der Waals surface area (Å²) in [5, 5.41) is 34.6. The molecule has 8 nitrogen and oxygen atoms in total. The maximum Gasteiger partial charge on any atom is 0.417 e. The molecule has 2 rings (SSSR count). The van der Waals surface area contributed by atoms with Crippen LogP contribution < -0.4 is 0 Å². The van der Waals surface area contributed by atoms with Crippen LogP contribution in [0, 0.1) is 0 Å². The minimum Gasteiger partial charge on any atom is -0.478 e. The number of halogens is 3. The van der Waals surface area contributed by atoms with E-state index in [1.807, 2.05) is 0 Å². The highest BCUT2D eigenvalue weighted by Gasteiger charge is 2.40. The first-order chi connectivity index (χ1) is 11.9. The van der Waals surface area contributed by atoms with Crippen LogP contribution in [0.3, 0.4) is 0 Å². The molecule has 0 bridgehead atoms. The highest BCUT2D eigenvalue weighted by Crippen LogP contribution is 2.40. The van der Waals surface area contributed by atoms with Crippen molar-refractivity contribution in [2.45, 2.75) is 6.18 Å². The second kappa shape index (κ2) is 6.02. The van der Waals surface area contributed by atoms with Gasteiger partial charge in [0.1, 0.15) is 0 Å². The van der Waals surface area contributed by atoms with Gasteiger partial charge in [0.05, 0.1) is 27.8 Å². The second-order valence-electron chi connectivity index (χ2n) is 5.01. The highest BCUT2D eigenvalue weighted by molar-refractivity contribution is 6.12. The third-order valence-corrected chi connectivity index (χ3v) is 3.47. The quantitative estimate of drug-likeness (QED) is 0.640. The Morgan fingerprint density at radius 2 is 1.12 bits per heavy atom. The minimum absolute atomic E-state index is 0.363. The first kappa shape index (κ1) is 18.7. The van der Waals surface area contributed by atoms with E-state index in [1.54, 1.807) is 0 Å². The van der Waals surface area contributed by atoms with E-state index in [4.69, 9.17) is 20.4 Å². The highest BCUT2D eigenvalue weighted by atomic mass is 19.4. The predicted octanol–water partition coefficient (Wildman–Crippen LogP) is 2.65. The monoisotopic (exact) mass is 372 g/mol. The van der Waals surface area contributed by atoms with Crippen LogP contribution in [0.1, 0.15) is 47.0 Å². The summed E-state index contributed by atoms with van der Waals surface area (Å²) in [6.45, 7) is 0. The van der Waals surface area contributed by atoms with Gasteiger partial charge < -0.3 is 20.4 Å². The Balaban J connectivity index is 3.18. The summed E-state index contributed by atoms with van der Waals surface area (Å²) < 4.78 is 40.4. The third kappa shape index (κ3) is 3.01. The average molecular weight is 372 g/mol. The molecule has 0 saturated carbocycles. The van der Waals surface area contributed by atoms with Crippen LogP contribution >= 0.6 is 0 Å². The maximum absolute atomic E-state index is 13.5. The zero-order valence-electron chi connectivity index (χ0n) is 12.3. The number of carboxylic acid groups (broad SMARTS) is 4. The van der Waals surface area contributed by atoms with E-state index in [-0.39, 0.29) is 0 Å². The van der Waals surface area contributed by atoms with Gasteiger partial charge in [-0.2, -0.15) is 13.2 Å². The van der Waals surface area contributed by atoms with E-state index >= 15 is 0 Å². The fraction of sp³-hybridized carbons (Fsp3) is 0.0667. The smallest absolute Gasteiger partial charge is 0.417 e. The van der Waals surface area contributed by atoms with E-state index in [1.165, 1.54) is 0 Å². The van der Waals surface area contributed by atoms with Gasteiger partial charge in [0.2, 0.25) is 0 Å². The first-order valence-electron chi connectivity index (χ1n) is 6.51. The molecule has 0 atom stereocenters. The van der Waals surface area contributed by atoms with Gasteiger partial charge in [-0.15, -0.1) is 0 Å². The molecule has 2 aromatic carbocycles. The zero-order chi connectivity index (χ0) is 20.0. The molecule has 0 aromatic heterocycles. The van der Waals surface area contributed by atoms with Gasteiger partial charge >= 0.3 is 30.1 Å². The van der Waals surface area contributed by atoms with Crippen LogP contribution in [0.4, 0.5) is 13.2 Å². The molecule has 0 radical (unpaired) electrons. The van der Waals surface area contributed by atoms with Crippen molar-refractivity contribution in [1.29, 1.82) is 0 Å². The molecule has 0 spiro atoms. The summed E-state index contributed by atoms with van der Waals surface area (Å²) in [5.74, 6) is -7.78. The molecule has 0 aliphatic heterocycles. The summed E-state index contributed by atoms with van der Waals surface area (Å²) in [6.07, 6.45) is -5.35. The van der Waals surface area contributed by atoms with Crippen LogP contribution in [0.15, 0.2) is 18.2 Å². The number of carbonyl (C=O) groups is 4. The average Bonchev–Trinajstić information content (AvgIpc) is 2.49. The van der Waals surface area contributed by atoms with Gasteiger partial charge in [-0.1, -0.05) is 0 Å². The van der Waals surface area contributed by atoms with Gasteiger partial charge in [-0.3, -0.25) is 0 Å². The Morgan fingerprint density at radius 1 is 0.692 bits per heavy atom. The second-order valence-corrected chi connectivity index (χ2v) is 5.01. The van der Waals surface area contributed by atoms with E-state index in [0.29, 0.717) is 18.2 Å². The van der Waals surface area contributed by atoms with Crippen LogP contribution in [0.2, 0.25) is 0 Å². The number of hydrogen-bond acceptors (Lipinski definition) is 4. The summed E-state index contributed by atoms with van der Waals surface area (Å²) in [4.78, 5) is 44.8. The molecular weight excluding hydrogens is 365 g/mol. The maximum atomic E-state index is 13.5. The standard InChI is InChI=1S/C15H7F3O8/c16-15(17,18)10-5-3-7(12(21)22)6(11(19)20)1-4(5)2-8(13(23)24)9(10)14(25)26/h1-3H,(H,19,20)(H,21,22)(H,23,24)(H,25,26). The van der Waals surface area contributed by atoms with E-state index in [2.05, 4.69) is 0 Å². The molecule has 0 aliphatic carbocycles. The zero-order valence-corrected chi connectivity index (χ0v) is 12.3. The Labute approximate surface area is 140 Å². The van der Waals surface area contributed by atoms with Crippen LogP contribution in [0.5, 0.6) is 0 Å². The lowest BCUT2D eigenvalue weighted by molar-refractivity contribution is -0.136. The van der Waals surface area contributed by atoms with E-state index in [0.717, 1.165) is 0 Å². The van der Waals surface area contributed by atoms with Gasteiger partial charge in [0, 0.05) is 0 Å². The molecule has 0 amide bonds. The SMILES string of the molecule is O=C(O)c1cc2cc(C(=O)O)c(C(=O)O)c(C(F)(F)F)c2cc1C(=O)O. The minimum atomic E-state index is -5.35. The lowest BCUT2D eigenvalue weighted by Crippen LogP contribution is -2.19. The number of fused-ring (bicyclic) bond motifs is 1. The molecule has 0 aliphatic rings. The summed E-state index contributed by atoms with van der Waals surface area (Å²) in [6, 6.07) is 1.46. The predicted molar refractivity (Wildman–Crippen MR) is 76.8 cm³/mol. The van der Waals surface area contributed by atoms with Crippen molar-refractivity contribution in [1.82, 2.24) is 0 Å². The summed E-state index contributed by atoms with van der Waals surface area (Å²) >= 11 is 0. The number of alkyl halides is 3. The van der Waals surface area contributed by atoms with Gasteiger partial charge in [-0.05, 0) is 29.0 Å². The Bertz CT molecular complexity index is 986. The van der Waals surface area contributed by atoms with Crippen LogP contribution in [-0.2, 0) is 6.18 Å². The fourth-order valence-electron chi connectivity index (χ4n) is 2.49. The molecule has 11 heteroatoms. The van der Waals surface area contributed by atoms with Crippen LogP contribution in [-0.4, -0.2) is 44.3 Å². The fourth-order valence-corrected chi connectivity index (χ4v) is 2.49. The molecule has 136 valence electrons. The van der Waals surface area contributed by atoms with Crippen molar-refractivity contribution in [3.8, 4) is 0 Å². The third-order valence-electron chi connectivity index (χ3n) is 3.47. The van der Waals surface area contributed by atoms with Gasteiger partial charge in [0.15, 0.2) is 0 Å². The lowest BCUT2D eigenvalue weighted by Gasteiger charge is -2.17. The molecule has 0 saturated heterocycles. The van der Waals surface area contributed by atoms with Crippen molar-refractivity contribution in [3.05, 3.63) is 46.0 Å². The molecule has 26 heavy (non-hydrogen) atoms. The largest absolute Gasteiger partial charge is 0.478 e. The van der Waals surface area contributed by atoms with E-state index < -0.39 is 68.6 Å². The molecule has 2 aromatic rings. The van der Waals surface area contributed by atoms with Crippen LogP contribution in [0.25, 0.3) is 10.8 Å². The van der Waals surface area contributed by atoms with Crippen molar-refractivity contribution in [3.63, 3.8) is 0 Å². The van der Waals surface area contributed by atoms with Crippen molar-refractivity contribution in [2.75, 3.05) is 0 Å². The van der Waals surface area contributed by atoms with Crippen molar-refractivity contribution >= 4 is 34.6 Å². The Kier molecular flexibility index (Phi) is 4.33. The molecule has 0 unspecified atom stereocenters. The lowest BCUT2D eigenvalue weighted by atomic mass is 9.90. The topological polar surface area (TPSA) is 149 Å². The molecular formula is C15H7F3O8. The number of rotatable bonds is 4.